The Bertz CT molecular complexity index is 529. The molecular weight excluding hydrogens is 232 g/mol. The number of fused-ring (bicyclic) bond motifs is 1. The molecule has 0 aliphatic heterocycles. The summed E-state index contributed by atoms with van der Waals surface area (Å²) in [6, 6.07) is 9.47. The zero-order valence-electron chi connectivity index (χ0n) is 11.9. The summed E-state index contributed by atoms with van der Waals surface area (Å²) in [4.78, 5) is 3.37. The molecule has 2 heteroatoms. The number of para-hydroxylation sites is 1. The van der Waals surface area contributed by atoms with Gasteiger partial charge < -0.3 is 10.3 Å². The third kappa shape index (κ3) is 2.84. The summed E-state index contributed by atoms with van der Waals surface area (Å²) in [7, 11) is 0. The summed E-state index contributed by atoms with van der Waals surface area (Å²) in [6.45, 7) is 3.64. The van der Waals surface area contributed by atoms with Gasteiger partial charge in [-0.05, 0) is 30.9 Å². The zero-order valence-corrected chi connectivity index (χ0v) is 11.9. The summed E-state index contributed by atoms with van der Waals surface area (Å²) in [5, 5.41) is 3.98. The number of hydrogen-bond acceptors (Lipinski definition) is 0. The van der Waals surface area contributed by atoms with Crippen molar-refractivity contribution in [3.8, 4) is 0 Å². The number of quaternary nitrogens is 1. The van der Waals surface area contributed by atoms with E-state index in [9.17, 15) is 0 Å². The molecule has 2 aromatic rings. The first-order valence-electron chi connectivity index (χ1n) is 7.73. The third-order valence-corrected chi connectivity index (χ3v) is 4.74. The van der Waals surface area contributed by atoms with Gasteiger partial charge in [0.05, 0.1) is 12.6 Å². The van der Waals surface area contributed by atoms with Crippen LogP contribution >= 0.6 is 0 Å². The predicted octanol–water partition coefficient (Wildman–Crippen LogP) is 2.85. The standard InChI is InChI=1S/C17H24N2/c1-13-6-2-4-8-16(13)18-11-10-14-12-19-17-9-5-3-7-15(14)17/h3,5,7,9,12-13,16,18-19H,2,4,6,8,10-11H2,1H3/p+1/t13-,16+/m1/s1. The first-order chi connectivity index (χ1) is 9.34. The molecule has 102 valence electrons. The fourth-order valence-corrected chi connectivity index (χ4v) is 3.49. The van der Waals surface area contributed by atoms with Gasteiger partial charge in [0.2, 0.25) is 0 Å². The Morgan fingerprint density at radius 1 is 1.21 bits per heavy atom. The van der Waals surface area contributed by atoms with Crippen molar-refractivity contribution in [2.45, 2.75) is 45.1 Å². The maximum Gasteiger partial charge on any atom is 0.0884 e. The summed E-state index contributed by atoms with van der Waals surface area (Å²) in [6.07, 6.45) is 9.06. The lowest BCUT2D eigenvalue weighted by molar-refractivity contribution is -0.697. The van der Waals surface area contributed by atoms with E-state index in [1.165, 1.54) is 55.1 Å². The van der Waals surface area contributed by atoms with Gasteiger partial charge in [-0.25, -0.2) is 0 Å². The van der Waals surface area contributed by atoms with E-state index in [4.69, 9.17) is 0 Å². The third-order valence-electron chi connectivity index (χ3n) is 4.74. The second-order valence-electron chi connectivity index (χ2n) is 6.06. The van der Waals surface area contributed by atoms with Crippen molar-refractivity contribution in [1.29, 1.82) is 0 Å². The highest BCUT2D eigenvalue weighted by Gasteiger charge is 2.23. The van der Waals surface area contributed by atoms with Crippen LogP contribution in [0.1, 0.15) is 38.2 Å². The van der Waals surface area contributed by atoms with Gasteiger partial charge in [0.15, 0.2) is 0 Å². The van der Waals surface area contributed by atoms with E-state index in [0.717, 1.165) is 12.0 Å². The number of H-pyrrole nitrogens is 1. The lowest BCUT2D eigenvalue weighted by atomic mass is 9.86. The number of nitrogens with one attached hydrogen (secondary N) is 1. The molecule has 3 N–H and O–H groups in total. The van der Waals surface area contributed by atoms with Crippen molar-refractivity contribution in [1.82, 2.24) is 4.98 Å². The molecule has 0 bridgehead atoms. The Hall–Kier alpha value is -1.28. The van der Waals surface area contributed by atoms with E-state index in [1.54, 1.807) is 0 Å². The van der Waals surface area contributed by atoms with Gasteiger partial charge >= 0.3 is 0 Å². The lowest BCUT2D eigenvalue weighted by Crippen LogP contribution is -2.92. The zero-order chi connectivity index (χ0) is 13.1. The number of nitrogens with two attached hydrogens (primary N) is 1. The van der Waals surface area contributed by atoms with Gasteiger partial charge in [-0.3, -0.25) is 0 Å². The van der Waals surface area contributed by atoms with Crippen LogP contribution < -0.4 is 5.32 Å². The van der Waals surface area contributed by atoms with E-state index in [0.29, 0.717) is 0 Å². The van der Waals surface area contributed by atoms with E-state index in [-0.39, 0.29) is 0 Å². The molecule has 0 saturated heterocycles. The Balaban J connectivity index is 1.57. The van der Waals surface area contributed by atoms with Gasteiger partial charge in [0, 0.05) is 29.4 Å². The van der Waals surface area contributed by atoms with Gasteiger partial charge in [-0.2, -0.15) is 0 Å². The second-order valence-corrected chi connectivity index (χ2v) is 6.06. The molecule has 2 atom stereocenters. The van der Waals surface area contributed by atoms with E-state index in [1.807, 2.05) is 0 Å². The predicted molar refractivity (Wildman–Crippen MR) is 80.2 cm³/mol. The molecule has 1 aliphatic carbocycles. The van der Waals surface area contributed by atoms with E-state index >= 15 is 0 Å². The molecule has 3 rings (SSSR count). The number of hydrogen-bond donors (Lipinski definition) is 2. The molecule has 1 aliphatic rings. The number of benzene rings is 1. The van der Waals surface area contributed by atoms with Crippen molar-refractivity contribution >= 4 is 10.9 Å². The van der Waals surface area contributed by atoms with Crippen LogP contribution in [0.3, 0.4) is 0 Å². The maximum atomic E-state index is 3.37. The SMILES string of the molecule is C[C@@H]1CCCC[C@@H]1[NH2+]CCc1c[nH]c2ccccc12. The van der Waals surface area contributed by atoms with Crippen LogP contribution in [0.2, 0.25) is 0 Å². The largest absolute Gasteiger partial charge is 0.361 e. The molecule has 1 heterocycles. The Morgan fingerprint density at radius 2 is 2.05 bits per heavy atom. The highest BCUT2D eigenvalue weighted by molar-refractivity contribution is 5.82. The van der Waals surface area contributed by atoms with Crippen molar-refractivity contribution in [2.75, 3.05) is 6.54 Å². The normalized spacial score (nSPS) is 23.8. The van der Waals surface area contributed by atoms with E-state index < -0.39 is 0 Å². The van der Waals surface area contributed by atoms with Crippen LogP contribution in [0.15, 0.2) is 30.5 Å². The summed E-state index contributed by atoms with van der Waals surface area (Å²) >= 11 is 0. The highest BCUT2D eigenvalue weighted by atomic mass is 14.9. The fraction of sp³-hybridized carbons (Fsp3) is 0.529. The van der Waals surface area contributed by atoms with Gasteiger partial charge in [-0.1, -0.05) is 31.5 Å². The minimum Gasteiger partial charge on any atom is -0.361 e. The molecule has 1 aromatic heterocycles. The monoisotopic (exact) mass is 257 g/mol. The minimum atomic E-state index is 0.860. The molecule has 0 radical (unpaired) electrons. The Labute approximate surface area is 115 Å². The number of rotatable bonds is 4. The molecule has 0 unspecified atom stereocenters. The molecule has 0 spiro atoms. The summed E-state index contributed by atoms with van der Waals surface area (Å²) in [5.74, 6) is 0.900. The van der Waals surface area contributed by atoms with Gasteiger partial charge in [0.25, 0.3) is 0 Å². The average molecular weight is 257 g/mol. The van der Waals surface area contributed by atoms with Gasteiger partial charge in [0.1, 0.15) is 0 Å². The fourth-order valence-electron chi connectivity index (χ4n) is 3.49. The summed E-state index contributed by atoms with van der Waals surface area (Å²) in [5.41, 5.74) is 2.74. The molecule has 0 amide bonds. The van der Waals surface area contributed by atoms with Crippen LogP contribution in [0, 0.1) is 5.92 Å². The van der Waals surface area contributed by atoms with Crippen LogP contribution in [0.4, 0.5) is 0 Å². The molecule has 19 heavy (non-hydrogen) atoms. The first kappa shape index (κ1) is 12.7. The second kappa shape index (κ2) is 5.79. The summed E-state index contributed by atoms with van der Waals surface area (Å²) < 4.78 is 0. The van der Waals surface area contributed by atoms with Gasteiger partial charge in [-0.15, -0.1) is 0 Å². The Morgan fingerprint density at radius 3 is 2.95 bits per heavy atom. The highest BCUT2D eigenvalue weighted by Crippen LogP contribution is 2.21. The molecule has 1 fully saturated rings. The van der Waals surface area contributed by atoms with Crippen LogP contribution in [-0.4, -0.2) is 17.6 Å². The average Bonchev–Trinajstić information content (AvgIpc) is 2.85. The van der Waals surface area contributed by atoms with Crippen molar-refractivity contribution in [3.05, 3.63) is 36.0 Å². The van der Waals surface area contributed by atoms with Crippen LogP contribution in [0.5, 0.6) is 0 Å². The van der Waals surface area contributed by atoms with Crippen LogP contribution in [0.25, 0.3) is 10.9 Å². The van der Waals surface area contributed by atoms with Crippen LogP contribution in [-0.2, 0) is 6.42 Å². The minimum absolute atomic E-state index is 0.860. The molecule has 2 nitrogen and oxygen atoms in total. The Kier molecular flexibility index (Phi) is 3.88. The lowest BCUT2D eigenvalue weighted by Gasteiger charge is -2.26. The number of aromatic amines is 1. The van der Waals surface area contributed by atoms with Crippen molar-refractivity contribution < 1.29 is 5.32 Å². The number of aromatic nitrogens is 1. The molecular formula is C17H25N2+. The smallest absolute Gasteiger partial charge is 0.0884 e. The topological polar surface area (TPSA) is 32.4 Å². The molecule has 1 aromatic carbocycles. The van der Waals surface area contributed by atoms with E-state index in [2.05, 4.69) is 47.7 Å². The molecule has 1 saturated carbocycles. The quantitative estimate of drug-likeness (QED) is 0.844. The van der Waals surface area contributed by atoms with Crippen molar-refractivity contribution in [3.63, 3.8) is 0 Å². The maximum absolute atomic E-state index is 3.37. The van der Waals surface area contributed by atoms with Crippen molar-refractivity contribution in [2.24, 2.45) is 5.92 Å². The first-order valence-corrected chi connectivity index (χ1v) is 7.73.